The number of carboxylic acid groups (broad SMARTS) is 1. The van der Waals surface area contributed by atoms with Crippen LogP contribution in [0.15, 0.2) is 0 Å². The lowest BCUT2D eigenvalue weighted by Crippen LogP contribution is -2.41. The van der Waals surface area contributed by atoms with Crippen molar-refractivity contribution in [3.63, 3.8) is 0 Å². The lowest BCUT2D eigenvalue weighted by atomic mass is 10.0. The van der Waals surface area contributed by atoms with Gasteiger partial charge < -0.3 is 30.6 Å². The summed E-state index contributed by atoms with van der Waals surface area (Å²) in [5, 5.41) is 51.1. The number of aliphatic hydroxyl groups is 5. The van der Waals surface area contributed by atoms with Crippen LogP contribution >= 0.6 is 0 Å². The summed E-state index contributed by atoms with van der Waals surface area (Å²) in [7, 11) is 0. The Kier molecular flexibility index (Phi) is 27.7. The summed E-state index contributed by atoms with van der Waals surface area (Å²) in [6.07, 6.45) is 18.9. The van der Waals surface area contributed by atoms with E-state index in [2.05, 4.69) is 6.92 Å². The van der Waals surface area contributed by atoms with E-state index in [1.807, 2.05) is 0 Å². The summed E-state index contributed by atoms with van der Waals surface area (Å²) in [6.45, 7) is 0.996. The molecule has 2 atom stereocenters. The van der Waals surface area contributed by atoms with Crippen molar-refractivity contribution >= 4 is 5.97 Å². The first-order chi connectivity index (χ1) is 15.4. The fourth-order valence-electron chi connectivity index (χ4n) is 3.47. The quantitative estimate of drug-likeness (QED) is 0.132. The minimum atomic E-state index is -1.49. The van der Waals surface area contributed by atoms with Gasteiger partial charge in [-0.25, -0.2) is 0 Å². The standard InChI is InChI=1S/C20H40O2.C5H12O5/c1-2-3-4-5-6-7-8-9-10-11-12-13-14-15-16-17-18-19-20(21)22;6-1-3(8)5(10)4(9)2-7/h2-19H2,1H3,(H,21,22);3-10H,1-2H2. The molecule has 7 nitrogen and oxygen atoms in total. The average Bonchev–Trinajstić information content (AvgIpc) is 2.79. The van der Waals surface area contributed by atoms with Gasteiger partial charge in [-0.2, -0.15) is 0 Å². The molecule has 0 bridgehead atoms. The molecule has 0 radical (unpaired) electrons. The number of hydrogen-bond acceptors (Lipinski definition) is 6. The molecule has 0 aliphatic rings. The second-order valence-electron chi connectivity index (χ2n) is 8.79. The molecule has 32 heavy (non-hydrogen) atoms. The zero-order chi connectivity index (χ0) is 24.5. The summed E-state index contributed by atoms with van der Waals surface area (Å²) < 4.78 is 0. The topological polar surface area (TPSA) is 138 Å². The Labute approximate surface area is 195 Å². The van der Waals surface area contributed by atoms with Crippen LogP contribution in [-0.4, -0.2) is 68.1 Å². The molecule has 0 aromatic heterocycles. The predicted octanol–water partition coefficient (Wildman–Crippen LogP) is 4.17. The van der Waals surface area contributed by atoms with Crippen molar-refractivity contribution in [1.29, 1.82) is 0 Å². The van der Waals surface area contributed by atoms with Crippen molar-refractivity contribution in [2.24, 2.45) is 0 Å². The van der Waals surface area contributed by atoms with Crippen LogP contribution in [0.5, 0.6) is 0 Å². The van der Waals surface area contributed by atoms with Crippen LogP contribution in [0.4, 0.5) is 0 Å². The number of carbonyl (C=O) groups is 1. The third-order valence-electron chi connectivity index (χ3n) is 5.66. The Balaban J connectivity index is 0. The van der Waals surface area contributed by atoms with Crippen LogP contribution in [0.2, 0.25) is 0 Å². The highest BCUT2D eigenvalue weighted by Gasteiger charge is 2.22. The van der Waals surface area contributed by atoms with E-state index in [1.165, 1.54) is 96.3 Å². The normalized spacial score (nSPS) is 13.8. The maximum atomic E-state index is 10.4. The van der Waals surface area contributed by atoms with E-state index in [0.717, 1.165) is 12.8 Å². The van der Waals surface area contributed by atoms with Crippen molar-refractivity contribution in [1.82, 2.24) is 0 Å². The number of carboxylic acids is 1. The first-order valence-electron chi connectivity index (χ1n) is 12.9. The Morgan fingerprint density at radius 1 is 0.562 bits per heavy atom. The van der Waals surface area contributed by atoms with Gasteiger partial charge in [0.25, 0.3) is 0 Å². The van der Waals surface area contributed by atoms with Gasteiger partial charge in [0.1, 0.15) is 18.3 Å². The highest BCUT2D eigenvalue weighted by atomic mass is 16.4. The minimum absolute atomic E-state index is 0.346. The maximum Gasteiger partial charge on any atom is 0.303 e. The third kappa shape index (κ3) is 25.5. The number of unbranched alkanes of at least 4 members (excludes halogenated alkanes) is 16. The van der Waals surface area contributed by atoms with Crippen molar-refractivity contribution in [3.8, 4) is 0 Å². The zero-order valence-electron chi connectivity index (χ0n) is 20.5. The predicted molar refractivity (Wildman–Crippen MR) is 129 cm³/mol. The van der Waals surface area contributed by atoms with Crippen LogP contribution < -0.4 is 0 Å². The molecule has 0 fully saturated rings. The molecular formula is C25H52O7. The summed E-state index contributed by atoms with van der Waals surface area (Å²) >= 11 is 0. The van der Waals surface area contributed by atoms with Gasteiger partial charge in [-0.3, -0.25) is 4.79 Å². The zero-order valence-corrected chi connectivity index (χ0v) is 20.5. The monoisotopic (exact) mass is 464 g/mol. The molecule has 0 saturated heterocycles. The third-order valence-corrected chi connectivity index (χ3v) is 5.66. The molecule has 0 amide bonds. The van der Waals surface area contributed by atoms with Crippen LogP contribution in [0.25, 0.3) is 0 Å². The van der Waals surface area contributed by atoms with E-state index in [1.54, 1.807) is 0 Å². The number of aliphatic carboxylic acids is 1. The maximum absolute atomic E-state index is 10.4. The minimum Gasteiger partial charge on any atom is -0.481 e. The largest absolute Gasteiger partial charge is 0.481 e. The van der Waals surface area contributed by atoms with E-state index in [-0.39, 0.29) is 0 Å². The van der Waals surface area contributed by atoms with Crippen molar-refractivity contribution in [2.45, 2.75) is 141 Å². The molecule has 0 aliphatic carbocycles. The summed E-state index contributed by atoms with van der Waals surface area (Å²) in [6, 6.07) is 0. The second kappa shape index (κ2) is 26.5. The van der Waals surface area contributed by atoms with Gasteiger partial charge in [-0.1, -0.05) is 110 Å². The highest BCUT2D eigenvalue weighted by molar-refractivity contribution is 5.66. The highest BCUT2D eigenvalue weighted by Crippen LogP contribution is 2.14. The Bertz CT molecular complexity index is 369. The summed E-state index contributed by atoms with van der Waals surface area (Å²) in [5.74, 6) is -0.652. The molecule has 0 rings (SSSR count). The van der Waals surface area contributed by atoms with E-state index in [0.29, 0.717) is 6.42 Å². The van der Waals surface area contributed by atoms with E-state index >= 15 is 0 Å². The van der Waals surface area contributed by atoms with Gasteiger partial charge in [0.05, 0.1) is 13.2 Å². The van der Waals surface area contributed by atoms with Gasteiger partial charge in [-0.05, 0) is 6.42 Å². The fourth-order valence-corrected chi connectivity index (χ4v) is 3.47. The summed E-state index contributed by atoms with van der Waals surface area (Å²) in [4.78, 5) is 10.4. The van der Waals surface area contributed by atoms with Crippen LogP contribution in [0.1, 0.15) is 122 Å². The van der Waals surface area contributed by atoms with Crippen molar-refractivity contribution in [2.75, 3.05) is 13.2 Å². The molecular weight excluding hydrogens is 412 g/mol. The molecule has 7 heteroatoms. The van der Waals surface area contributed by atoms with Crippen LogP contribution in [0, 0.1) is 0 Å². The van der Waals surface area contributed by atoms with Crippen molar-refractivity contribution < 1.29 is 35.4 Å². The molecule has 0 heterocycles. The average molecular weight is 465 g/mol. The van der Waals surface area contributed by atoms with Crippen molar-refractivity contribution in [3.05, 3.63) is 0 Å². The smallest absolute Gasteiger partial charge is 0.303 e. The molecule has 0 aromatic rings. The van der Waals surface area contributed by atoms with E-state index in [9.17, 15) is 4.79 Å². The second-order valence-corrected chi connectivity index (χ2v) is 8.79. The molecule has 0 aromatic carbocycles. The summed E-state index contributed by atoms with van der Waals surface area (Å²) in [5.41, 5.74) is 0. The van der Waals surface area contributed by atoms with Crippen LogP contribution in [0.3, 0.4) is 0 Å². The van der Waals surface area contributed by atoms with E-state index in [4.69, 9.17) is 30.6 Å². The Morgan fingerprint density at radius 2 is 0.844 bits per heavy atom. The molecule has 6 N–H and O–H groups in total. The first kappa shape index (κ1) is 33.4. The lowest BCUT2D eigenvalue weighted by molar-refractivity contribution is -0.137. The molecule has 0 spiro atoms. The SMILES string of the molecule is CCCCCCCCCCCCCCCCCCCC(=O)O.OCC(O)C(O)C(O)CO. The first-order valence-corrected chi connectivity index (χ1v) is 12.9. The molecule has 0 saturated carbocycles. The van der Waals surface area contributed by atoms with Gasteiger partial charge in [0.15, 0.2) is 0 Å². The molecule has 194 valence electrons. The molecule has 2 unspecified atom stereocenters. The Morgan fingerprint density at radius 3 is 1.09 bits per heavy atom. The van der Waals surface area contributed by atoms with E-state index < -0.39 is 37.5 Å². The van der Waals surface area contributed by atoms with Crippen LogP contribution in [-0.2, 0) is 4.79 Å². The van der Waals surface area contributed by atoms with Gasteiger partial charge in [0, 0.05) is 6.42 Å². The number of hydrogen-bond donors (Lipinski definition) is 6. The number of rotatable bonds is 22. The molecule has 0 aliphatic heterocycles. The Hall–Kier alpha value is -0.730. The van der Waals surface area contributed by atoms with Gasteiger partial charge in [0.2, 0.25) is 0 Å². The fraction of sp³-hybridized carbons (Fsp3) is 0.960. The van der Waals surface area contributed by atoms with Gasteiger partial charge >= 0.3 is 5.97 Å². The number of aliphatic hydroxyl groups excluding tert-OH is 5. The van der Waals surface area contributed by atoms with Gasteiger partial charge in [-0.15, -0.1) is 0 Å². The lowest BCUT2D eigenvalue weighted by Gasteiger charge is -2.19.